The molecular formula is C11H20N4. The summed E-state index contributed by atoms with van der Waals surface area (Å²) >= 11 is 0. The molecule has 0 aromatic carbocycles. The summed E-state index contributed by atoms with van der Waals surface area (Å²) in [5, 5.41) is 11.5. The van der Waals surface area contributed by atoms with Crippen LogP contribution in [0.5, 0.6) is 0 Å². The molecule has 2 atom stereocenters. The minimum Gasteiger partial charge on any atom is -0.380 e. The average Bonchev–Trinajstić information content (AvgIpc) is 2.42. The first-order valence-electron chi connectivity index (χ1n) is 5.71. The number of aromatic nitrogens is 2. The van der Waals surface area contributed by atoms with E-state index in [0.717, 1.165) is 24.6 Å². The van der Waals surface area contributed by atoms with E-state index in [1.807, 2.05) is 4.68 Å². The fourth-order valence-electron chi connectivity index (χ4n) is 1.97. The quantitative estimate of drug-likeness (QED) is 0.742. The Balaban J connectivity index is 2.39. The zero-order chi connectivity index (χ0) is 11.0. The Bertz CT molecular complexity index is 356. The van der Waals surface area contributed by atoms with E-state index in [4.69, 9.17) is 0 Å². The minimum absolute atomic E-state index is 0.486. The Morgan fingerprint density at radius 2 is 2.20 bits per heavy atom. The highest BCUT2D eigenvalue weighted by molar-refractivity contribution is 5.69. The van der Waals surface area contributed by atoms with Crippen molar-refractivity contribution in [3.8, 4) is 0 Å². The van der Waals surface area contributed by atoms with Crippen LogP contribution >= 0.6 is 0 Å². The standard InChI is InChI=1S/C11H20N4/c1-5-15-11-10(9(4)14-15)12-6-7(2)8(3)13-11/h7-8,12-13H,5-6H2,1-4H3. The summed E-state index contributed by atoms with van der Waals surface area (Å²) in [6, 6.07) is 0.486. The molecule has 2 N–H and O–H groups in total. The molecule has 84 valence electrons. The highest BCUT2D eigenvalue weighted by atomic mass is 15.4. The van der Waals surface area contributed by atoms with Gasteiger partial charge >= 0.3 is 0 Å². The molecule has 1 aromatic rings. The molecule has 0 radical (unpaired) electrons. The van der Waals surface area contributed by atoms with Gasteiger partial charge in [0.25, 0.3) is 0 Å². The monoisotopic (exact) mass is 208 g/mol. The first-order chi connectivity index (χ1) is 7.13. The van der Waals surface area contributed by atoms with E-state index in [1.54, 1.807) is 0 Å². The molecule has 0 aliphatic carbocycles. The first kappa shape index (κ1) is 10.3. The van der Waals surface area contributed by atoms with E-state index in [2.05, 4.69) is 43.4 Å². The van der Waals surface area contributed by atoms with Crippen LogP contribution in [0.4, 0.5) is 11.5 Å². The Hall–Kier alpha value is -1.19. The van der Waals surface area contributed by atoms with Crippen LogP contribution < -0.4 is 10.6 Å². The van der Waals surface area contributed by atoms with Crippen LogP contribution in [0.2, 0.25) is 0 Å². The molecule has 4 heteroatoms. The van der Waals surface area contributed by atoms with Crippen molar-refractivity contribution in [3.05, 3.63) is 5.69 Å². The van der Waals surface area contributed by atoms with Crippen molar-refractivity contribution in [2.75, 3.05) is 17.2 Å². The Morgan fingerprint density at radius 3 is 2.87 bits per heavy atom. The smallest absolute Gasteiger partial charge is 0.148 e. The second kappa shape index (κ2) is 3.76. The zero-order valence-corrected chi connectivity index (χ0v) is 9.96. The van der Waals surface area contributed by atoms with E-state index in [9.17, 15) is 0 Å². The predicted molar refractivity (Wildman–Crippen MR) is 63.4 cm³/mol. The molecule has 15 heavy (non-hydrogen) atoms. The van der Waals surface area contributed by atoms with E-state index in [1.165, 1.54) is 5.69 Å². The zero-order valence-electron chi connectivity index (χ0n) is 9.96. The summed E-state index contributed by atoms with van der Waals surface area (Å²) in [6.45, 7) is 10.6. The first-order valence-corrected chi connectivity index (χ1v) is 5.71. The van der Waals surface area contributed by atoms with Crippen molar-refractivity contribution in [2.24, 2.45) is 5.92 Å². The molecule has 1 aromatic heterocycles. The molecule has 2 rings (SSSR count). The van der Waals surface area contributed by atoms with E-state index >= 15 is 0 Å². The molecular weight excluding hydrogens is 188 g/mol. The predicted octanol–water partition coefficient (Wildman–Crippen LogP) is 2.07. The molecule has 0 saturated carbocycles. The third-order valence-corrected chi connectivity index (χ3v) is 3.25. The van der Waals surface area contributed by atoms with E-state index < -0.39 is 0 Å². The summed E-state index contributed by atoms with van der Waals surface area (Å²) in [7, 11) is 0. The van der Waals surface area contributed by atoms with Crippen LogP contribution in [-0.2, 0) is 6.54 Å². The van der Waals surface area contributed by atoms with Crippen molar-refractivity contribution in [2.45, 2.75) is 40.3 Å². The normalized spacial score (nSPS) is 25.1. The van der Waals surface area contributed by atoms with Gasteiger partial charge in [0.05, 0.1) is 5.69 Å². The summed E-state index contributed by atoms with van der Waals surface area (Å²) in [4.78, 5) is 0. The fourth-order valence-corrected chi connectivity index (χ4v) is 1.97. The SMILES string of the molecule is CCn1nc(C)c2c1NC(C)C(C)CN2. The number of aryl methyl sites for hydroxylation is 2. The number of anilines is 2. The van der Waals surface area contributed by atoms with Crippen LogP contribution in [-0.4, -0.2) is 22.4 Å². The fraction of sp³-hybridized carbons (Fsp3) is 0.727. The molecule has 0 amide bonds. The summed E-state index contributed by atoms with van der Waals surface area (Å²) in [5.41, 5.74) is 2.26. The van der Waals surface area contributed by atoms with Gasteiger partial charge < -0.3 is 10.6 Å². The average molecular weight is 208 g/mol. The number of nitrogens with one attached hydrogen (secondary N) is 2. The molecule has 1 aliphatic rings. The third kappa shape index (κ3) is 1.68. The summed E-state index contributed by atoms with van der Waals surface area (Å²) < 4.78 is 2.03. The van der Waals surface area contributed by atoms with Gasteiger partial charge in [0, 0.05) is 19.1 Å². The molecule has 0 saturated heterocycles. The van der Waals surface area contributed by atoms with Crippen LogP contribution in [0, 0.1) is 12.8 Å². The van der Waals surface area contributed by atoms with Crippen molar-refractivity contribution in [3.63, 3.8) is 0 Å². The van der Waals surface area contributed by atoms with Crippen molar-refractivity contribution >= 4 is 11.5 Å². The van der Waals surface area contributed by atoms with Gasteiger partial charge in [-0.15, -0.1) is 0 Å². The maximum atomic E-state index is 4.50. The highest BCUT2D eigenvalue weighted by Gasteiger charge is 2.23. The van der Waals surface area contributed by atoms with Gasteiger partial charge in [0.2, 0.25) is 0 Å². The summed E-state index contributed by atoms with van der Waals surface area (Å²) in [6.07, 6.45) is 0. The maximum absolute atomic E-state index is 4.50. The van der Waals surface area contributed by atoms with Gasteiger partial charge in [-0.3, -0.25) is 0 Å². The third-order valence-electron chi connectivity index (χ3n) is 3.25. The lowest BCUT2D eigenvalue weighted by Gasteiger charge is -2.18. The van der Waals surface area contributed by atoms with Gasteiger partial charge in [0.15, 0.2) is 0 Å². The van der Waals surface area contributed by atoms with Crippen molar-refractivity contribution in [1.82, 2.24) is 9.78 Å². The van der Waals surface area contributed by atoms with Crippen LogP contribution in [0.3, 0.4) is 0 Å². The lowest BCUT2D eigenvalue weighted by Crippen LogP contribution is -2.27. The van der Waals surface area contributed by atoms with Gasteiger partial charge in [0.1, 0.15) is 11.5 Å². The summed E-state index contributed by atoms with van der Waals surface area (Å²) in [5.74, 6) is 1.77. The van der Waals surface area contributed by atoms with Gasteiger partial charge in [-0.2, -0.15) is 5.10 Å². The van der Waals surface area contributed by atoms with Crippen molar-refractivity contribution in [1.29, 1.82) is 0 Å². The molecule has 0 fully saturated rings. The van der Waals surface area contributed by atoms with Crippen LogP contribution in [0.15, 0.2) is 0 Å². The highest BCUT2D eigenvalue weighted by Crippen LogP contribution is 2.30. The largest absolute Gasteiger partial charge is 0.380 e. The number of fused-ring (bicyclic) bond motifs is 1. The number of hydrogen-bond acceptors (Lipinski definition) is 3. The van der Waals surface area contributed by atoms with E-state index in [-0.39, 0.29) is 0 Å². The molecule has 2 unspecified atom stereocenters. The Kier molecular flexibility index (Phi) is 2.59. The van der Waals surface area contributed by atoms with Gasteiger partial charge in [-0.05, 0) is 26.7 Å². The van der Waals surface area contributed by atoms with Gasteiger partial charge in [-0.25, -0.2) is 4.68 Å². The maximum Gasteiger partial charge on any atom is 0.148 e. The van der Waals surface area contributed by atoms with Crippen molar-refractivity contribution < 1.29 is 0 Å². The number of hydrogen-bond donors (Lipinski definition) is 2. The second-order valence-corrected chi connectivity index (χ2v) is 4.42. The Labute approximate surface area is 91.1 Å². The second-order valence-electron chi connectivity index (χ2n) is 4.42. The lowest BCUT2D eigenvalue weighted by molar-refractivity contribution is 0.533. The molecule has 0 spiro atoms. The minimum atomic E-state index is 0.486. The lowest BCUT2D eigenvalue weighted by atomic mass is 10.1. The van der Waals surface area contributed by atoms with Crippen LogP contribution in [0.1, 0.15) is 26.5 Å². The Morgan fingerprint density at radius 1 is 1.47 bits per heavy atom. The van der Waals surface area contributed by atoms with Crippen LogP contribution in [0.25, 0.3) is 0 Å². The van der Waals surface area contributed by atoms with E-state index in [0.29, 0.717) is 12.0 Å². The molecule has 1 aliphatic heterocycles. The number of rotatable bonds is 1. The van der Waals surface area contributed by atoms with Gasteiger partial charge in [-0.1, -0.05) is 6.92 Å². The molecule has 0 bridgehead atoms. The topological polar surface area (TPSA) is 41.9 Å². The number of nitrogens with zero attached hydrogens (tertiary/aromatic N) is 2. The molecule has 4 nitrogen and oxygen atoms in total. The molecule has 2 heterocycles.